The Balaban J connectivity index is 1.32. The molecule has 0 saturated carbocycles. The summed E-state index contributed by atoms with van der Waals surface area (Å²) in [5.41, 5.74) is 3.18. The van der Waals surface area contributed by atoms with Gasteiger partial charge in [0.05, 0.1) is 0 Å². The topological polar surface area (TPSA) is 61.4 Å². The Labute approximate surface area is 187 Å². The maximum Gasteiger partial charge on any atom is 0.321 e. The van der Waals surface area contributed by atoms with E-state index in [1.165, 1.54) is 17.3 Å². The number of carbonyl (C=O) groups excluding carboxylic acids is 1. The first-order chi connectivity index (χ1) is 15.2. The minimum atomic E-state index is -0.0311. The van der Waals surface area contributed by atoms with Crippen LogP contribution in [0.5, 0.6) is 0 Å². The van der Waals surface area contributed by atoms with Crippen molar-refractivity contribution in [3.63, 3.8) is 0 Å². The van der Waals surface area contributed by atoms with Gasteiger partial charge in [-0.05, 0) is 60.5 Å². The molecule has 0 radical (unpaired) electrons. The fourth-order valence-electron chi connectivity index (χ4n) is 3.65. The molecule has 2 heterocycles. The Kier molecular flexibility index (Phi) is 7.17. The van der Waals surface area contributed by atoms with E-state index in [1.54, 1.807) is 18.5 Å². The predicted molar refractivity (Wildman–Crippen MR) is 124 cm³/mol. The van der Waals surface area contributed by atoms with Crippen molar-refractivity contribution in [2.24, 2.45) is 0 Å². The summed E-state index contributed by atoms with van der Waals surface area (Å²) in [6, 6.07) is 18.3. The van der Waals surface area contributed by atoms with Crippen molar-refractivity contribution in [3.05, 3.63) is 78.1 Å². The molecule has 0 spiro atoms. The number of carbonyl (C=O) groups is 1. The molecule has 1 aromatic heterocycles. The normalized spacial score (nSPS) is 14.8. The third-order valence-electron chi connectivity index (χ3n) is 5.32. The van der Waals surface area contributed by atoms with E-state index in [9.17, 15) is 4.79 Å². The van der Waals surface area contributed by atoms with Gasteiger partial charge in [-0.1, -0.05) is 30.3 Å². The fourth-order valence-corrected chi connectivity index (χ4v) is 4.46. The molecule has 2 amide bonds. The number of nitrogens with one attached hydrogen (secondary N) is 1. The minimum Gasteiger partial charge on any atom is -0.323 e. The maximum atomic E-state index is 12.9. The van der Waals surface area contributed by atoms with E-state index in [1.807, 2.05) is 30.0 Å². The number of benzene rings is 2. The first-order valence-corrected chi connectivity index (χ1v) is 11.4. The van der Waals surface area contributed by atoms with Crippen molar-refractivity contribution in [2.45, 2.75) is 29.9 Å². The monoisotopic (exact) mass is 433 g/mol. The summed E-state index contributed by atoms with van der Waals surface area (Å²) in [7, 11) is 0. The number of anilines is 1. The number of aromatic nitrogens is 2. The van der Waals surface area contributed by atoms with Crippen LogP contribution < -0.4 is 5.32 Å². The van der Waals surface area contributed by atoms with Crippen molar-refractivity contribution in [1.82, 2.24) is 19.8 Å². The first-order valence-electron chi connectivity index (χ1n) is 10.5. The highest BCUT2D eigenvalue weighted by Crippen LogP contribution is 2.28. The molecule has 1 saturated heterocycles. The molecule has 3 aromatic rings. The van der Waals surface area contributed by atoms with Crippen LogP contribution in [0.2, 0.25) is 0 Å². The number of rotatable bonds is 5. The number of hydrogen-bond donors (Lipinski definition) is 1. The standard InChI is InChI=1S/C24H27N5OS/c1-19-17-21(31-23-25-11-5-12-26-23)9-10-22(19)27-24(30)29-14-6-13-28(15-16-29)18-20-7-3-2-4-8-20/h2-5,7-12,17H,6,13-16,18H2,1H3,(H,27,30). The van der Waals surface area contributed by atoms with Crippen LogP contribution in [-0.4, -0.2) is 52.0 Å². The fraction of sp³-hybridized carbons (Fsp3) is 0.292. The van der Waals surface area contributed by atoms with Gasteiger partial charge in [-0.2, -0.15) is 0 Å². The Morgan fingerprint density at radius 2 is 1.81 bits per heavy atom. The van der Waals surface area contributed by atoms with Crippen LogP contribution in [0.15, 0.2) is 77.0 Å². The van der Waals surface area contributed by atoms with E-state index < -0.39 is 0 Å². The van der Waals surface area contributed by atoms with E-state index in [0.29, 0.717) is 5.16 Å². The zero-order chi connectivity index (χ0) is 21.5. The van der Waals surface area contributed by atoms with E-state index in [0.717, 1.165) is 55.3 Å². The highest BCUT2D eigenvalue weighted by atomic mass is 32.2. The van der Waals surface area contributed by atoms with Crippen LogP contribution in [0.4, 0.5) is 10.5 Å². The van der Waals surface area contributed by atoms with Gasteiger partial charge in [0.2, 0.25) is 0 Å². The van der Waals surface area contributed by atoms with Gasteiger partial charge in [-0.3, -0.25) is 4.90 Å². The van der Waals surface area contributed by atoms with Gasteiger partial charge < -0.3 is 10.2 Å². The van der Waals surface area contributed by atoms with Crippen molar-refractivity contribution in [2.75, 3.05) is 31.5 Å². The molecule has 1 N–H and O–H groups in total. The van der Waals surface area contributed by atoms with Crippen LogP contribution in [0.3, 0.4) is 0 Å². The molecule has 7 heteroatoms. The summed E-state index contributed by atoms with van der Waals surface area (Å²) in [6.07, 6.45) is 4.45. The second-order valence-electron chi connectivity index (χ2n) is 7.64. The van der Waals surface area contributed by atoms with Crippen LogP contribution in [-0.2, 0) is 6.54 Å². The molecule has 0 atom stereocenters. The molecule has 2 aromatic carbocycles. The van der Waals surface area contributed by atoms with Gasteiger partial charge in [0.25, 0.3) is 0 Å². The molecule has 31 heavy (non-hydrogen) atoms. The van der Waals surface area contributed by atoms with Crippen molar-refractivity contribution >= 4 is 23.5 Å². The summed E-state index contributed by atoms with van der Waals surface area (Å²) in [4.78, 5) is 26.8. The van der Waals surface area contributed by atoms with E-state index in [-0.39, 0.29) is 6.03 Å². The highest BCUT2D eigenvalue weighted by molar-refractivity contribution is 7.99. The van der Waals surface area contributed by atoms with Gasteiger partial charge in [0, 0.05) is 55.7 Å². The van der Waals surface area contributed by atoms with Crippen LogP contribution in [0.25, 0.3) is 0 Å². The lowest BCUT2D eigenvalue weighted by Gasteiger charge is -2.23. The zero-order valence-corrected chi connectivity index (χ0v) is 18.5. The molecule has 1 fully saturated rings. The lowest BCUT2D eigenvalue weighted by molar-refractivity contribution is 0.211. The summed E-state index contributed by atoms with van der Waals surface area (Å²) < 4.78 is 0. The first kappa shape index (κ1) is 21.3. The summed E-state index contributed by atoms with van der Waals surface area (Å²) >= 11 is 1.51. The lowest BCUT2D eigenvalue weighted by atomic mass is 10.2. The smallest absolute Gasteiger partial charge is 0.321 e. The Hall–Kier alpha value is -2.90. The number of aryl methyl sites for hydroxylation is 1. The maximum absolute atomic E-state index is 12.9. The number of nitrogens with zero attached hydrogens (tertiary/aromatic N) is 4. The molecule has 4 rings (SSSR count). The van der Waals surface area contributed by atoms with Gasteiger partial charge in [-0.15, -0.1) is 0 Å². The largest absolute Gasteiger partial charge is 0.323 e. The highest BCUT2D eigenvalue weighted by Gasteiger charge is 2.19. The van der Waals surface area contributed by atoms with Crippen molar-refractivity contribution < 1.29 is 4.79 Å². The molecule has 1 aliphatic rings. The van der Waals surface area contributed by atoms with Gasteiger partial charge in [-0.25, -0.2) is 14.8 Å². The summed E-state index contributed by atoms with van der Waals surface area (Å²) in [5.74, 6) is 0. The lowest BCUT2D eigenvalue weighted by Crippen LogP contribution is -2.38. The van der Waals surface area contributed by atoms with Gasteiger partial charge in [0.15, 0.2) is 5.16 Å². The zero-order valence-electron chi connectivity index (χ0n) is 17.7. The molecular weight excluding hydrogens is 406 g/mol. The predicted octanol–water partition coefficient (Wildman–Crippen LogP) is 4.68. The Bertz CT molecular complexity index is 999. The van der Waals surface area contributed by atoms with Crippen molar-refractivity contribution in [1.29, 1.82) is 0 Å². The third kappa shape index (κ3) is 6.06. The van der Waals surface area contributed by atoms with Gasteiger partial charge >= 0.3 is 6.03 Å². The van der Waals surface area contributed by atoms with Crippen LogP contribution >= 0.6 is 11.8 Å². The van der Waals surface area contributed by atoms with Crippen LogP contribution in [0.1, 0.15) is 17.5 Å². The molecule has 0 bridgehead atoms. The summed E-state index contributed by atoms with van der Waals surface area (Å²) in [6.45, 7) is 6.33. The van der Waals surface area contributed by atoms with E-state index in [4.69, 9.17) is 0 Å². The van der Waals surface area contributed by atoms with Crippen LogP contribution in [0, 0.1) is 6.92 Å². The second-order valence-corrected chi connectivity index (χ2v) is 8.68. The molecule has 1 aliphatic heterocycles. The molecule has 0 unspecified atom stereocenters. The van der Waals surface area contributed by atoms with E-state index in [2.05, 4.69) is 50.5 Å². The Morgan fingerprint density at radius 1 is 1.00 bits per heavy atom. The SMILES string of the molecule is Cc1cc(Sc2ncccn2)ccc1NC(=O)N1CCCN(Cc2ccccc2)CC1. The molecule has 0 aliphatic carbocycles. The Morgan fingerprint density at radius 3 is 2.58 bits per heavy atom. The number of hydrogen-bond acceptors (Lipinski definition) is 5. The molecular formula is C24H27N5OS. The quantitative estimate of drug-likeness (QED) is 0.592. The van der Waals surface area contributed by atoms with Gasteiger partial charge in [0.1, 0.15) is 0 Å². The third-order valence-corrected chi connectivity index (χ3v) is 6.20. The van der Waals surface area contributed by atoms with Crippen molar-refractivity contribution in [3.8, 4) is 0 Å². The average Bonchev–Trinajstić information content (AvgIpc) is 3.03. The average molecular weight is 434 g/mol. The van der Waals surface area contributed by atoms with E-state index >= 15 is 0 Å². The minimum absolute atomic E-state index is 0.0311. The second kappa shape index (κ2) is 10.4. The molecule has 160 valence electrons. The molecule has 6 nitrogen and oxygen atoms in total. The number of urea groups is 1. The summed E-state index contributed by atoms with van der Waals surface area (Å²) in [5, 5.41) is 3.80. The number of amides is 2.